The summed E-state index contributed by atoms with van der Waals surface area (Å²) in [6, 6.07) is 1.87. The van der Waals surface area contributed by atoms with Crippen LogP contribution in [0.4, 0.5) is 5.82 Å². The second-order valence-corrected chi connectivity index (χ2v) is 11.8. The lowest BCUT2D eigenvalue weighted by atomic mass is 10.1. The van der Waals surface area contributed by atoms with E-state index >= 15 is 0 Å². The lowest BCUT2D eigenvalue weighted by Gasteiger charge is -2.14. The van der Waals surface area contributed by atoms with Crippen LogP contribution in [-0.4, -0.2) is 63.3 Å². The van der Waals surface area contributed by atoms with Crippen LogP contribution in [0.25, 0.3) is 11.0 Å². The van der Waals surface area contributed by atoms with Gasteiger partial charge in [-0.2, -0.15) is 0 Å². The van der Waals surface area contributed by atoms with Crippen molar-refractivity contribution in [3.63, 3.8) is 0 Å². The zero-order valence-corrected chi connectivity index (χ0v) is 28.0. The minimum Gasteiger partial charge on any atom is -0.396 e. The number of aliphatic imine (C=N–C) groups is 1. The Morgan fingerprint density at radius 2 is 1.96 bits per heavy atom. The molecule has 0 radical (unpaired) electrons. The van der Waals surface area contributed by atoms with Gasteiger partial charge in [-0.15, -0.1) is 4.91 Å². The summed E-state index contributed by atoms with van der Waals surface area (Å²) < 4.78 is 13.3. The lowest BCUT2D eigenvalue weighted by molar-refractivity contribution is -0.116. The second-order valence-electron chi connectivity index (χ2n) is 11.8. The molecule has 0 bridgehead atoms. The van der Waals surface area contributed by atoms with Gasteiger partial charge in [-0.05, 0) is 89.4 Å². The molecule has 0 aromatic carbocycles. The van der Waals surface area contributed by atoms with Crippen molar-refractivity contribution in [2.75, 3.05) is 18.9 Å². The molecule has 14 nitrogen and oxygen atoms in total. The Kier molecular flexibility index (Phi) is 16.9. The highest BCUT2D eigenvalue weighted by Crippen LogP contribution is 2.32. The smallest absolute Gasteiger partial charge is 0.275 e. The quantitative estimate of drug-likeness (QED) is 0.105. The Labute approximate surface area is 271 Å². The van der Waals surface area contributed by atoms with Gasteiger partial charge in [0.2, 0.25) is 0 Å². The van der Waals surface area contributed by atoms with Gasteiger partial charge in [-0.1, -0.05) is 20.8 Å². The number of allylic oxidation sites excluding steroid dienone is 2. The van der Waals surface area contributed by atoms with Crippen LogP contribution in [0.15, 0.2) is 52.1 Å². The van der Waals surface area contributed by atoms with Crippen molar-refractivity contribution in [2.45, 2.75) is 111 Å². The molecule has 2 fully saturated rings. The fourth-order valence-corrected chi connectivity index (χ4v) is 4.87. The highest BCUT2D eigenvalue weighted by molar-refractivity contribution is 5.96. The fraction of sp³-hybridized carbons (Fsp3) is 0.625. The monoisotopic (exact) mass is 644 g/mol. The summed E-state index contributed by atoms with van der Waals surface area (Å²) in [6.07, 6.45) is 14.1. The van der Waals surface area contributed by atoms with E-state index in [2.05, 4.69) is 37.4 Å². The lowest BCUT2D eigenvalue weighted by Crippen LogP contribution is -2.28. The molecule has 14 heteroatoms. The number of anilines is 1. The highest BCUT2D eigenvalue weighted by Gasteiger charge is 2.28. The van der Waals surface area contributed by atoms with E-state index in [1.165, 1.54) is 19.2 Å². The maximum atomic E-state index is 11.9. The zero-order chi connectivity index (χ0) is 34.1. The summed E-state index contributed by atoms with van der Waals surface area (Å²) >= 11 is 0. The SMILES string of the molecule is CC/C=C(\N)NC(=O)C(N=CC(C)C)=C(C)C.CC1CCC(CCCO)O1.Nc1ncnc2c1ccn2C1CCC(CON=O)O1. The first-order valence-corrected chi connectivity index (χ1v) is 15.9. The number of fused-ring (bicyclic) bond motifs is 1. The summed E-state index contributed by atoms with van der Waals surface area (Å²) in [5.41, 5.74) is 13.5. The fourth-order valence-electron chi connectivity index (χ4n) is 4.87. The third kappa shape index (κ3) is 12.9. The summed E-state index contributed by atoms with van der Waals surface area (Å²) in [7, 11) is 0. The van der Waals surface area contributed by atoms with E-state index in [9.17, 15) is 9.70 Å². The Balaban J connectivity index is 0.000000252. The number of ether oxygens (including phenoxy) is 2. The van der Waals surface area contributed by atoms with E-state index < -0.39 is 0 Å². The molecule has 2 aliphatic rings. The molecular weight excluding hydrogens is 592 g/mol. The Bertz CT molecular complexity index is 1320. The van der Waals surface area contributed by atoms with Crippen molar-refractivity contribution in [1.82, 2.24) is 19.9 Å². The van der Waals surface area contributed by atoms with Crippen molar-refractivity contribution in [3.8, 4) is 0 Å². The topological polar surface area (TPSA) is 202 Å². The van der Waals surface area contributed by atoms with Crippen LogP contribution in [0, 0.1) is 10.8 Å². The molecular formula is C32H52N8O6. The Morgan fingerprint density at radius 1 is 1.22 bits per heavy atom. The number of carbonyl (C=O) groups excluding carboxylic acids is 1. The van der Waals surface area contributed by atoms with E-state index in [0.717, 1.165) is 48.7 Å². The number of rotatable bonds is 12. The molecule has 4 heterocycles. The third-order valence-electron chi connectivity index (χ3n) is 7.13. The van der Waals surface area contributed by atoms with Crippen LogP contribution in [-0.2, 0) is 19.1 Å². The van der Waals surface area contributed by atoms with Crippen LogP contribution in [0.2, 0.25) is 0 Å². The Morgan fingerprint density at radius 3 is 2.57 bits per heavy atom. The van der Waals surface area contributed by atoms with Gasteiger partial charge in [-0.25, -0.2) is 9.97 Å². The molecule has 2 saturated heterocycles. The van der Waals surface area contributed by atoms with Crippen molar-refractivity contribution >= 4 is 29.0 Å². The maximum absolute atomic E-state index is 11.9. The molecule has 46 heavy (non-hydrogen) atoms. The van der Waals surface area contributed by atoms with Crippen molar-refractivity contribution in [3.05, 3.63) is 46.7 Å². The minimum absolute atomic E-state index is 0.126. The van der Waals surface area contributed by atoms with E-state index in [4.69, 9.17) is 26.0 Å². The molecule has 2 aliphatic heterocycles. The van der Waals surface area contributed by atoms with Gasteiger partial charge in [-0.3, -0.25) is 9.79 Å². The standard InChI is InChI=1S/C13H23N3O.C11H13N5O3.C8H16O2/c1-6-7-11(14)16-13(17)12(10(4)5)15-8-9(2)3;12-10-8-3-4-16(11(8)14-6-13-10)9-2-1-7(19-9)5-18-15-17;1-7-4-5-8(10-7)3-2-6-9/h7-9H,6,14H2,1-5H3,(H,16,17);3-4,6-7,9H,1-2,5H2,(H2,12,13,14);7-9H,2-6H2,1H3/b11-7+,15-8?;;. The van der Waals surface area contributed by atoms with Gasteiger partial charge < -0.3 is 40.8 Å². The number of aliphatic hydroxyl groups excluding tert-OH is 1. The van der Waals surface area contributed by atoms with Crippen molar-refractivity contribution in [1.29, 1.82) is 0 Å². The predicted molar refractivity (Wildman–Crippen MR) is 179 cm³/mol. The number of hydrogen-bond acceptors (Lipinski definition) is 12. The first-order chi connectivity index (χ1) is 22.0. The number of nitrogens with zero attached hydrogens (tertiary/aromatic N) is 5. The van der Waals surface area contributed by atoms with Crippen LogP contribution >= 0.6 is 0 Å². The van der Waals surface area contributed by atoms with Crippen molar-refractivity contribution < 1.29 is 24.2 Å². The van der Waals surface area contributed by atoms with Gasteiger partial charge in [0.25, 0.3) is 5.91 Å². The van der Waals surface area contributed by atoms with E-state index in [-0.39, 0.29) is 24.8 Å². The maximum Gasteiger partial charge on any atom is 0.275 e. The summed E-state index contributed by atoms with van der Waals surface area (Å²) in [5.74, 6) is 0.868. The first-order valence-electron chi connectivity index (χ1n) is 15.9. The number of nitrogens with one attached hydrogen (secondary N) is 1. The van der Waals surface area contributed by atoms with E-state index in [0.29, 0.717) is 42.1 Å². The van der Waals surface area contributed by atoms with Gasteiger partial charge in [0, 0.05) is 19.0 Å². The molecule has 4 atom stereocenters. The molecule has 4 unspecified atom stereocenters. The molecule has 4 rings (SSSR count). The molecule has 2 aromatic rings. The van der Waals surface area contributed by atoms with Gasteiger partial charge in [0.15, 0.2) is 5.34 Å². The molecule has 0 spiro atoms. The second kappa shape index (κ2) is 20.3. The van der Waals surface area contributed by atoms with Gasteiger partial charge in [0.1, 0.15) is 36.3 Å². The van der Waals surface area contributed by atoms with Crippen LogP contribution in [0.1, 0.15) is 92.7 Å². The normalized spacial score (nSPS) is 21.0. The summed E-state index contributed by atoms with van der Waals surface area (Å²) in [5, 5.41) is 14.3. The largest absolute Gasteiger partial charge is 0.396 e. The number of aromatic nitrogens is 3. The molecule has 0 aliphatic carbocycles. The molecule has 1 amide bonds. The molecule has 6 N–H and O–H groups in total. The summed E-state index contributed by atoms with van der Waals surface area (Å²) in [4.78, 5) is 38.6. The van der Waals surface area contributed by atoms with Crippen LogP contribution in [0.5, 0.6) is 0 Å². The average Bonchev–Trinajstić information content (AvgIpc) is 3.76. The molecule has 0 saturated carbocycles. The number of nitrogen functional groups attached to an aromatic ring is 1. The molecule has 256 valence electrons. The zero-order valence-electron chi connectivity index (χ0n) is 28.0. The number of aliphatic hydroxyl groups is 1. The Hall–Kier alpha value is -3.88. The van der Waals surface area contributed by atoms with Crippen LogP contribution in [0.3, 0.4) is 0 Å². The summed E-state index contributed by atoms with van der Waals surface area (Å²) in [6.45, 7) is 12.3. The predicted octanol–water partition coefficient (Wildman–Crippen LogP) is 5.05. The van der Waals surface area contributed by atoms with Crippen LogP contribution < -0.4 is 16.8 Å². The number of carbonyl (C=O) groups is 1. The number of hydrogen-bond donors (Lipinski definition) is 4. The number of amides is 1. The first kappa shape index (κ1) is 38.3. The van der Waals surface area contributed by atoms with Gasteiger partial charge in [0.05, 0.1) is 29.5 Å². The average molecular weight is 645 g/mol. The minimum atomic E-state index is -0.260. The van der Waals surface area contributed by atoms with E-state index in [1.807, 2.05) is 51.4 Å². The number of nitrogens with two attached hydrogens (primary N) is 2. The third-order valence-corrected chi connectivity index (χ3v) is 7.13. The van der Waals surface area contributed by atoms with Crippen molar-refractivity contribution in [2.24, 2.45) is 22.0 Å². The van der Waals surface area contributed by atoms with E-state index in [1.54, 1.807) is 12.3 Å². The highest BCUT2D eigenvalue weighted by atomic mass is 16.7. The van der Waals surface area contributed by atoms with Gasteiger partial charge >= 0.3 is 0 Å². The molecule has 2 aromatic heterocycles.